The fraction of sp³-hybridized carbons (Fsp3) is 0.304. The van der Waals surface area contributed by atoms with Crippen molar-refractivity contribution in [3.05, 3.63) is 52.4 Å². The Labute approximate surface area is 181 Å². The summed E-state index contributed by atoms with van der Waals surface area (Å²) in [5.74, 6) is -1.64. The number of rotatable bonds is 4. The lowest BCUT2D eigenvalue weighted by molar-refractivity contribution is -0.152. The minimum atomic E-state index is -4.96. The Morgan fingerprint density at radius 2 is 1.59 bits per heavy atom. The lowest BCUT2D eigenvalue weighted by Gasteiger charge is -2.17. The Morgan fingerprint density at radius 3 is 2.16 bits per heavy atom. The van der Waals surface area contributed by atoms with Gasteiger partial charge in [-0.15, -0.1) is 0 Å². The molecular formula is C23H21F3O6. The maximum absolute atomic E-state index is 13.9. The first kappa shape index (κ1) is 23.2. The van der Waals surface area contributed by atoms with Crippen molar-refractivity contribution in [3.8, 4) is 28.4 Å². The number of alkyl halides is 3. The van der Waals surface area contributed by atoms with Gasteiger partial charge in [-0.25, -0.2) is 0 Å². The van der Waals surface area contributed by atoms with E-state index < -0.39 is 34.3 Å². The molecule has 3 rings (SSSR count). The maximum Gasteiger partial charge on any atom is 0.450 e. The number of methoxy groups -OCH3 is 2. The molecule has 0 unspecified atom stereocenters. The quantitative estimate of drug-likeness (QED) is 0.389. The van der Waals surface area contributed by atoms with E-state index in [4.69, 9.17) is 18.6 Å². The monoisotopic (exact) mass is 450 g/mol. The summed E-state index contributed by atoms with van der Waals surface area (Å²) in [5.41, 5.74) is -2.78. The number of carbonyl (C=O) groups excluding carboxylic acids is 1. The van der Waals surface area contributed by atoms with Gasteiger partial charge >= 0.3 is 12.1 Å². The Bertz CT molecular complexity index is 1240. The fourth-order valence-electron chi connectivity index (χ4n) is 2.95. The largest absolute Gasteiger partial charge is 0.493 e. The van der Waals surface area contributed by atoms with Gasteiger partial charge in [-0.3, -0.25) is 9.59 Å². The van der Waals surface area contributed by atoms with Crippen LogP contribution in [0.25, 0.3) is 22.1 Å². The predicted octanol–water partition coefficient (Wildman–Crippen LogP) is 5.45. The molecule has 170 valence electrons. The number of ether oxygens (including phenoxy) is 3. The Balaban J connectivity index is 2.24. The van der Waals surface area contributed by atoms with E-state index in [0.29, 0.717) is 5.75 Å². The molecule has 0 aliphatic heterocycles. The number of hydrogen-bond donors (Lipinski definition) is 0. The van der Waals surface area contributed by atoms with E-state index in [1.165, 1.54) is 44.6 Å². The normalized spacial score (nSPS) is 12.0. The molecule has 0 atom stereocenters. The molecule has 0 spiro atoms. The molecule has 2 aromatic carbocycles. The first-order valence-corrected chi connectivity index (χ1v) is 9.49. The summed E-state index contributed by atoms with van der Waals surface area (Å²) in [6.07, 6.45) is -4.96. The molecule has 32 heavy (non-hydrogen) atoms. The molecule has 3 aromatic rings. The topological polar surface area (TPSA) is 75.0 Å². The van der Waals surface area contributed by atoms with Gasteiger partial charge in [-0.05, 0) is 50.6 Å². The standard InChI is InChI=1S/C23H21F3O6/c1-22(2,3)21(28)31-13-7-8-14-16(11-13)32-20(23(24,25)26)18(19(14)27)12-6-9-15(29-4)17(10-12)30-5/h6-11H,1-5H3. The SMILES string of the molecule is COc1ccc(-c2c(C(F)(F)F)oc3cc(OC(=O)C(C)(C)C)ccc3c2=O)cc1OC. The second kappa shape index (κ2) is 8.22. The zero-order chi connectivity index (χ0) is 23.8. The van der Waals surface area contributed by atoms with Crippen LogP contribution in [-0.2, 0) is 11.0 Å². The van der Waals surface area contributed by atoms with E-state index in [-0.39, 0.29) is 28.0 Å². The summed E-state index contributed by atoms with van der Waals surface area (Å²) in [4.78, 5) is 25.2. The molecule has 9 heteroatoms. The molecule has 0 aliphatic carbocycles. The average molecular weight is 450 g/mol. The summed E-state index contributed by atoms with van der Waals surface area (Å²) < 4.78 is 62.2. The molecule has 0 saturated carbocycles. The fourth-order valence-corrected chi connectivity index (χ4v) is 2.95. The van der Waals surface area contributed by atoms with Crippen molar-refractivity contribution in [2.75, 3.05) is 14.2 Å². The van der Waals surface area contributed by atoms with Crippen LogP contribution >= 0.6 is 0 Å². The van der Waals surface area contributed by atoms with Crippen LogP contribution in [0.1, 0.15) is 26.5 Å². The first-order valence-electron chi connectivity index (χ1n) is 9.49. The zero-order valence-electron chi connectivity index (χ0n) is 18.0. The van der Waals surface area contributed by atoms with Crippen molar-refractivity contribution in [2.24, 2.45) is 5.41 Å². The van der Waals surface area contributed by atoms with Crippen molar-refractivity contribution >= 4 is 16.9 Å². The van der Waals surface area contributed by atoms with E-state index in [1.54, 1.807) is 20.8 Å². The van der Waals surface area contributed by atoms with Crippen molar-refractivity contribution < 1.29 is 36.6 Å². The third-order valence-corrected chi connectivity index (χ3v) is 4.62. The number of benzene rings is 2. The zero-order valence-corrected chi connectivity index (χ0v) is 18.0. The van der Waals surface area contributed by atoms with Crippen LogP contribution < -0.4 is 19.6 Å². The van der Waals surface area contributed by atoms with E-state index in [0.717, 1.165) is 6.07 Å². The van der Waals surface area contributed by atoms with Gasteiger partial charge in [0.15, 0.2) is 11.5 Å². The highest BCUT2D eigenvalue weighted by Gasteiger charge is 2.39. The Hall–Kier alpha value is -3.49. The molecule has 6 nitrogen and oxygen atoms in total. The molecule has 1 aromatic heterocycles. The average Bonchev–Trinajstić information content (AvgIpc) is 2.71. The van der Waals surface area contributed by atoms with E-state index in [2.05, 4.69) is 0 Å². The number of esters is 1. The summed E-state index contributed by atoms with van der Waals surface area (Å²) in [6.45, 7) is 4.90. The number of carbonyl (C=O) groups is 1. The van der Waals surface area contributed by atoms with Crippen LogP contribution in [0.4, 0.5) is 13.2 Å². The number of halogens is 3. The molecule has 0 bridgehead atoms. The maximum atomic E-state index is 13.9. The van der Waals surface area contributed by atoms with Crippen LogP contribution in [-0.4, -0.2) is 20.2 Å². The van der Waals surface area contributed by atoms with Gasteiger partial charge in [0.25, 0.3) is 0 Å². The Morgan fingerprint density at radius 1 is 0.938 bits per heavy atom. The third-order valence-electron chi connectivity index (χ3n) is 4.62. The molecule has 0 N–H and O–H groups in total. The second-order valence-electron chi connectivity index (χ2n) is 8.00. The Kier molecular flexibility index (Phi) is 5.95. The van der Waals surface area contributed by atoms with Crippen LogP contribution in [0.3, 0.4) is 0 Å². The molecule has 0 fully saturated rings. The smallest absolute Gasteiger partial charge is 0.450 e. The van der Waals surface area contributed by atoms with E-state index in [9.17, 15) is 22.8 Å². The summed E-state index contributed by atoms with van der Waals surface area (Å²) in [7, 11) is 2.71. The molecule has 0 amide bonds. The molecule has 0 saturated heterocycles. The van der Waals surface area contributed by atoms with Gasteiger partial charge in [-0.2, -0.15) is 13.2 Å². The minimum absolute atomic E-state index is 0.0347. The van der Waals surface area contributed by atoms with Gasteiger partial charge in [0.1, 0.15) is 11.3 Å². The highest BCUT2D eigenvalue weighted by molar-refractivity contribution is 5.85. The van der Waals surface area contributed by atoms with Crippen LogP contribution in [0, 0.1) is 5.41 Å². The van der Waals surface area contributed by atoms with Crippen molar-refractivity contribution in [1.29, 1.82) is 0 Å². The van der Waals surface area contributed by atoms with Gasteiger partial charge in [0, 0.05) is 6.07 Å². The predicted molar refractivity (Wildman–Crippen MR) is 111 cm³/mol. The summed E-state index contributed by atoms with van der Waals surface area (Å²) in [6, 6.07) is 7.66. The van der Waals surface area contributed by atoms with E-state index in [1.807, 2.05) is 0 Å². The molecule has 0 radical (unpaired) electrons. The van der Waals surface area contributed by atoms with Crippen LogP contribution in [0.15, 0.2) is 45.6 Å². The summed E-state index contributed by atoms with van der Waals surface area (Å²) >= 11 is 0. The second-order valence-corrected chi connectivity index (χ2v) is 8.00. The van der Waals surface area contributed by atoms with Gasteiger partial charge in [-0.1, -0.05) is 6.07 Å². The molecular weight excluding hydrogens is 429 g/mol. The van der Waals surface area contributed by atoms with Crippen LogP contribution in [0.2, 0.25) is 0 Å². The number of hydrogen-bond acceptors (Lipinski definition) is 6. The molecule has 1 heterocycles. The lowest BCUT2D eigenvalue weighted by Crippen LogP contribution is -2.25. The molecule has 0 aliphatic rings. The van der Waals surface area contributed by atoms with Crippen molar-refractivity contribution in [1.82, 2.24) is 0 Å². The van der Waals surface area contributed by atoms with Gasteiger partial charge < -0.3 is 18.6 Å². The van der Waals surface area contributed by atoms with E-state index >= 15 is 0 Å². The lowest BCUT2D eigenvalue weighted by atomic mass is 9.97. The van der Waals surface area contributed by atoms with Crippen LogP contribution in [0.5, 0.6) is 17.2 Å². The highest BCUT2D eigenvalue weighted by atomic mass is 19.4. The first-order chi connectivity index (χ1) is 14.9. The third kappa shape index (κ3) is 4.42. The van der Waals surface area contributed by atoms with Gasteiger partial charge in [0.05, 0.1) is 30.6 Å². The highest BCUT2D eigenvalue weighted by Crippen LogP contribution is 2.40. The van der Waals surface area contributed by atoms with Crippen molar-refractivity contribution in [3.63, 3.8) is 0 Å². The van der Waals surface area contributed by atoms with Gasteiger partial charge in [0.2, 0.25) is 11.2 Å². The summed E-state index contributed by atoms with van der Waals surface area (Å²) in [5, 5.41) is -0.0988. The number of fused-ring (bicyclic) bond motifs is 1. The minimum Gasteiger partial charge on any atom is -0.493 e. The van der Waals surface area contributed by atoms with Crippen molar-refractivity contribution in [2.45, 2.75) is 26.9 Å².